The third kappa shape index (κ3) is 24.8. The van der Waals surface area contributed by atoms with E-state index in [4.69, 9.17) is 0 Å². The molecule has 0 spiro atoms. The smallest absolute Gasteiger partial charge is 0.744 e. The predicted octanol–water partition coefficient (Wildman–Crippen LogP) is 16.3. The molecule has 9 heteroatoms. The Morgan fingerprint density at radius 3 is 0.877 bits per heavy atom. The van der Waals surface area contributed by atoms with Gasteiger partial charge in [0.25, 0.3) is 0 Å². The van der Waals surface area contributed by atoms with E-state index in [2.05, 4.69) is 52.0 Å². The molecular weight excluding hydrogens is 970 g/mol. The number of fused-ring (bicyclic) bond motifs is 2. The zero-order valence-corrected chi connectivity index (χ0v) is 47.4. The van der Waals surface area contributed by atoms with Gasteiger partial charge in [-0.3, -0.25) is 0 Å². The molecule has 0 aliphatic rings. The predicted molar refractivity (Wildman–Crippen MR) is 276 cm³/mol. The first-order valence-corrected chi connectivity index (χ1v) is 28.8. The average Bonchev–Trinajstić information content (AvgIpc) is 3.27. The van der Waals surface area contributed by atoms with E-state index in [1.54, 1.807) is 12.1 Å². The van der Waals surface area contributed by atoms with Crippen LogP contribution in [-0.4, -0.2) is 74.8 Å². The van der Waals surface area contributed by atoms with Crippen LogP contribution in [0, 0.1) is 0 Å². The first-order chi connectivity index (χ1) is 30.9. The van der Waals surface area contributed by atoms with Crippen molar-refractivity contribution in [3.05, 3.63) is 82.9 Å². The largest absolute Gasteiger partial charge is 2.00 e. The first kappa shape index (κ1) is 59.9. The fraction of sp³-hybridized carbons (Fsp3) is 0.643. The molecule has 65 heavy (non-hydrogen) atoms. The Bertz CT molecular complexity index is 1960. The fourth-order valence-corrected chi connectivity index (χ4v) is 10.1. The van der Waals surface area contributed by atoms with Crippen LogP contribution < -0.4 is 0 Å². The summed E-state index contributed by atoms with van der Waals surface area (Å²) in [7, 11) is -8.87. The Morgan fingerprint density at radius 2 is 0.600 bits per heavy atom. The molecule has 0 saturated carbocycles. The van der Waals surface area contributed by atoms with Crippen LogP contribution in [0.25, 0.3) is 21.5 Å². The molecular formula is C56H86BaO6S2. The van der Waals surface area contributed by atoms with Crippen LogP contribution in [0.3, 0.4) is 0 Å². The van der Waals surface area contributed by atoms with Crippen molar-refractivity contribution in [3.63, 3.8) is 0 Å². The molecule has 0 aliphatic heterocycles. The third-order valence-corrected chi connectivity index (χ3v) is 14.6. The first-order valence-electron chi connectivity index (χ1n) is 25.9. The molecule has 0 radical (unpaired) electrons. The van der Waals surface area contributed by atoms with Crippen LogP contribution in [0.1, 0.15) is 230 Å². The Hall–Kier alpha value is -1.21. The van der Waals surface area contributed by atoms with Gasteiger partial charge in [0.1, 0.15) is 20.2 Å². The van der Waals surface area contributed by atoms with Crippen LogP contribution in [-0.2, 0) is 45.9 Å². The second-order valence-electron chi connectivity index (χ2n) is 18.7. The Labute approximate surface area is 438 Å². The minimum atomic E-state index is -4.44. The maximum Gasteiger partial charge on any atom is 2.00 e. The summed E-state index contributed by atoms with van der Waals surface area (Å²) in [6, 6.07) is 18.6. The van der Waals surface area contributed by atoms with Gasteiger partial charge in [-0.2, -0.15) is 0 Å². The van der Waals surface area contributed by atoms with Gasteiger partial charge in [0.2, 0.25) is 0 Å². The zero-order valence-electron chi connectivity index (χ0n) is 41.4. The van der Waals surface area contributed by atoms with Gasteiger partial charge in [-0.25, -0.2) is 16.8 Å². The molecule has 0 heterocycles. The van der Waals surface area contributed by atoms with Crippen LogP contribution >= 0.6 is 0 Å². The van der Waals surface area contributed by atoms with E-state index >= 15 is 0 Å². The van der Waals surface area contributed by atoms with Gasteiger partial charge in [-0.05, 0) is 119 Å². The van der Waals surface area contributed by atoms with Crippen molar-refractivity contribution >= 4 is 90.7 Å². The van der Waals surface area contributed by atoms with E-state index in [0.29, 0.717) is 0 Å². The van der Waals surface area contributed by atoms with Crippen molar-refractivity contribution in [2.75, 3.05) is 0 Å². The molecule has 4 aromatic carbocycles. The molecule has 0 unspecified atom stereocenters. The molecule has 0 aromatic heterocycles. The molecule has 0 aliphatic carbocycles. The van der Waals surface area contributed by atoms with Crippen molar-refractivity contribution in [2.45, 2.75) is 243 Å². The van der Waals surface area contributed by atoms with E-state index in [0.717, 1.165) is 60.1 Å². The Balaban J connectivity index is 0.000000440. The summed E-state index contributed by atoms with van der Waals surface area (Å²) in [6.45, 7) is 8.97. The summed E-state index contributed by atoms with van der Waals surface area (Å²) in [5, 5.41) is 3.96. The van der Waals surface area contributed by atoms with E-state index in [1.807, 2.05) is 12.1 Å². The molecule has 0 N–H and O–H groups in total. The number of hydrogen-bond donors (Lipinski definition) is 0. The summed E-state index contributed by atoms with van der Waals surface area (Å²) in [4.78, 5) is -0.240. The van der Waals surface area contributed by atoms with Gasteiger partial charge in [0, 0.05) is 0 Å². The van der Waals surface area contributed by atoms with Gasteiger partial charge < -0.3 is 9.11 Å². The summed E-state index contributed by atoms with van der Waals surface area (Å²) in [5.74, 6) is 0. The molecule has 0 fully saturated rings. The van der Waals surface area contributed by atoms with E-state index in [1.165, 1.54) is 201 Å². The number of aryl methyl sites for hydroxylation is 4. The minimum Gasteiger partial charge on any atom is -0.744 e. The minimum absolute atomic E-state index is 0. The zero-order chi connectivity index (χ0) is 46.5. The topological polar surface area (TPSA) is 114 Å². The van der Waals surface area contributed by atoms with Gasteiger partial charge in [-0.1, -0.05) is 218 Å². The van der Waals surface area contributed by atoms with E-state index < -0.39 is 20.2 Å². The summed E-state index contributed by atoms with van der Waals surface area (Å²) in [6.07, 6.45) is 39.7. The Kier molecular flexibility index (Phi) is 32.2. The van der Waals surface area contributed by atoms with Crippen molar-refractivity contribution < 1.29 is 25.9 Å². The molecule has 0 bridgehead atoms. The molecule has 0 saturated heterocycles. The normalized spacial score (nSPS) is 11.8. The van der Waals surface area contributed by atoms with E-state index in [-0.39, 0.29) is 58.7 Å². The number of unbranched alkanes of at least 4 members (excludes halogenated alkanes) is 24. The Morgan fingerprint density at radius 1 is 0.338 bits per heavy atom. The van der Waals surface area contributed by atoms with E-state index in [9.17, 15) is 25.9 Å². The SMILES string of the molecule is CCCCCCCCCc1cc(CCCCCCCCC)c2cc(S(=O)(=O)[O-])ccc2c1.CCCCCCCCCc1cc(CCCCCCCCC)c2cc(S(=O)(=O)[O-])ccc2c1.[Ba+2]. The van der Waals surface area contributed by atoms with Gasteiger partial charge in [0.05, 0.1) is 9.79 Å². The third-order valence-electron chi connectivity index (χ3n) is 13.0. The van der Waals surface area contributed by atoms with Gasteiger partial charge in [-0.15, -0.1) is 0 Å². The monoisotopic (exact) mass is 1060 g/mol. The van der Waals surface area contributed by atoms with Crippen molar-refractivity contribution in [1.82, 2.24) is 0 Å². The fourth-order valence-electron chi connectivity index (χ4n) is 9.10. The summed E-state index contributed by atoms with van der Waals surface area (Å²) < 4.78 is 69.3. The number of hydrogen-bond acceptors (Lipinski definition) is 6. The molecule has 360 valence electrons. The van der Waals surface area contributed by atoms with Crippen molar-refractivity contribution in [3.8, 4) is 0 Å². The second kappa shape index (κ2) is 35.0. The van der Waals surface area contributed by atoms with Crippen molar-refractivity contribution in [1.29, 1.82) is 0 Å². The maximum atomic E-state index is 11.6. The maximum absolute atomic E-state index is 11.6. The van der Waals surface area contributed by atoms with Gasteiger partial charge >= 0.3 is 48.9 Å². The molecule has 0 atom stereocenters. The van der Waals surface area contributed by atoms with Crippen LogP contribution in [0.4, 0.5) is 0 Å². The quantitative estimate of drug-likeness (QED) is 0.0261. The van der Waals surface area contributed by atoms with Crippen LogP contribution in [0.2, 0.25) is 0 Å². The molecule has 6 nitrogen and oxygen atoms in total. The summed E-state index contributed by atoms with van der Waals surface area (Å²) >= 11 is 0. The van der Waals surface area contributed by atoms with Crippen LogP contribution in [0.5, 0.6) is 0 Å². The van der Waals surface area contributed by atoms with Crippen molar-refractivity contribution in [2.24, 2.45) is 0 Å². The number of benzene rings is 4. The van der Waals surface area contributed by atoms with Crippen LogP contribution in [0.15, 0.2) is 70.5 Å². The summed E-state index contributed by atoms with van der Waals surface area (Å²) in [5.41, 5.74) is 5.06. The standard InChI is InChI=1S/2C28H44O3S.Ba/c2*1-3-5-7-9-11-13-15-17-24-21-25(18-16-14-12-10-8-6-4-2)28-23-27(32(29,30)31)20-19-26(28)22-24;/h2*19-23H,3-18H2,1-2H3,(H,29,30,31);/q;;+2/p-2. The molecule has 4 aromatic rings. The number of rotatable bonds is 34. The molecule has 4 rings (SSSR count). The average molecular weight is 1060 g/mol. The second-order valence-corrected chi connectivity index (χ2v) is 21.4. The van der Waals surface area contributed by atoms with Gasteiger partial charge in [0.15, 0.2) is 0 Å². The molecule has 0 amide bonds.